The van der Waals surface area contributed by atoms with E-state index in [2.05, 4.69) is 16.9 Å². The third-order valence-corrected chi connectivity index (χ3v) is 7.09. The molecule has 4 aromatic rings. The van der Waals surface area contributed by atoms with Crippen LogP contribution in [0.3, 0.4) is 0 Å². The van der Waals surface area contributed by atoms with Crippen molar-refractivity contribution in [3.63, 3.8) is 0 Å². The van der Waals surface area contributed by atoms with Crippen LogP contribution in [0.2, 0.25) is 0 Å². The summed E-state index contributed by atoms with van der Waals surface area (Å²) < 4.78 is 67.4. The van der Waals surface area contributed by atoms with Crippen molar-refractivity contribution in [3.8, 4) is 0 Å². The van der Waals surface area contributed by atoms with Gasteiger partial charge in [0.2, 0.25) is 0 Å². The van der Waals surface area contributed by atoms with Gasteiger partial charge >= 0.3 is 6.18 Å². The number of aromatic nitrogens is 2. The minimum absolute atomic E-state index is 0.229. The summed E-state index contributed by atoms with van der Waals surface area (Å²) in [5.41, 5.74) is 1.75. The zero-order valence-electron chi connectivity index (χ0n) is 22.1. The van der Waals surface area contributed by atoms with Crippen LogP contribution in [0.25, 0.3) is 10.8 Å². The van der Waals surface area contributed by atoms with Gasteiger partial charge in [0.25, 0.3) is 0 Å². The summed E-state index contributed by atoms with van der Waals surface area (Å²) in [5.74, 6) is -0.892. The summed E-state index contributed by atoms with van der Waals surface area (Å²) >= 11 is 0. The molecule has 0 saturated heterocycles. The summed E-state index contributed by atoms with van der Waals surface area (Å²) in [6, 6.07) is 12.0. The highest BCUT2D eigenvalue weighted by atomic mass is 19.4. The molecule has 7 heteroatoms. The second kappa shape index (κ2) is 13.1. The molecular formula is C32H33F5N2. The van der Waals surface area contributed by atoms with E-state index in [1.807, 2.05) is 30.6 Å². The van der Waals surface area contributed by atoms with Crippen LogP contribution in [-0.2, 0) is 38.3 Å². The number of hydrogen-bond donors (Lipinski definition) is 0. The van der Waals surface area contributed by atoms with Gasteiger partial charge in [0, 0.05) is 24.2 Å². The van der Waals surface area contributed by atoms with Crippen molar-refractivity contribution >= 4 is 10.8 Å². The largest absolute Gasteiger partial charge is 0.419 e. The lowest BCUT2D eigenvalue weighted by atomic mass is 9.97. The number of alkyl halides is 3. The van der Waals surface area contributed by atoms with Gasteiger partial charge < -0.3 is 0 Å². The molecule has 0 aliphatic carbocycles. The van der Waals surface area contributed by atoms with Gasteiger partial charge in [-0.1, -0.05) is 69.0 Å². The van der Waals surface area contributed by atoms with Crippen molar-refractivity contribution in [3.05, 3.63) is 106 Å². The number of hydrogen-bond acceptors (Lipinski definition) is 2. The second-order valence-electron chi connectivity index (χ2n) is 10.1. The predicted octanol–water partition coefficient (Wildman–Crippen LogP) is 9.01. The normalized spacial score (nSPS) is 11.8. The molecule has 0 N–H and O–H groups in total. The van der Waals surface area contributed by atoms with Crippen LogP contribution >= 0.6 is 0 Å². The lowest BCUT2D eigenvalue weighted by Crippen LogP contribution is -2.08. The fraction of sp³-hybridized carbons (Fsp3) is 0.375. The Kier molecular flexibility index (Phi) is 9.65. The molecule has 0 saturated carbocycles. The number of halogens is 5. The monoisotopic (exact) mass is 540 g/mol. The average molecular weight is 541 g/mol. The van der Waals surface area contributed by atoms with Crippen molar-refractivity contribution in [2.24, 2.45) is 0 Å². The molecule has 2 nitrogen and oxygen atoms in total. The van der Waals surface area contributed by atoms with Crippen LogP contribution in [0.4, 0.5) is 22.0 Å². The molecule has 1 heterocycles. The quantitative estimate of drug-likeness (QED) is 0.132. The van der Waals surface area contributed by atoms with Gasteiger partial charge in [-0.3, -0.25) is 0 Å². The van der Waals surface area contributed by atoms with E-state index in [0.717, 1.165) is 53.7 Å². The first-order chi connectivity index (χ1) is 18.7. The number of aryl methyl sites for hydroxylation is 5. The molecule has 0 atom stereocenters. The Bertz CT molecular complexity index is 1380. The zero-order valence-corrected chi connectivity index (χ0v) is 22.1. The maximum atomic E-state index is 15.2. The standard InChI is InChI=1S/C32H33F5N2/c1-2-3-4-5-6-7-24-20-38-30(39-21-24)17-11-22-9-15-27-26(18-22)14-13-25(31(27)34)12-8-23-10-16-28(29(33)19-23)32(35,36)37/h9-10,13-16,18-21H,2-8,11-12,17H2,1H3. The van der Waals surface area contributed by atoms with Gasteiger partial charge in [0.05, 0.1) is 5.56 Å². The zero-order chi connectivity index (χ0) is 27.8. The van der Waals surface area contributed by atoms with Crippen molar-refractivity contribution in [1.29, 1.82) is 0 Å². The summed E-state index contributed by atoms with van der Waals surface area (Å²) in [7, 11) is 0. The van der Waals surface area contributed by atoms with Crippen molar-refractivity contribution in [2.75, 3.05) is 0 Å². The summed E-state index contributed by atoms with van der Waals surface area (Å²) in [6.45, 7) is 2.21. The molecule has 0 bridgehead atoms. The molecule has 206 valence electrons. The lowest BCUT2D eigenvalue weighted by molar-refractivity contribution is -0.140. The summed E-state index contributed by atoms with van der Waals surface area (Å²) in [6.07, 6.45) is 8.18. The second-order valence-corrected chi connectivity index (χ2v) is 10.1. The van der Waals surface area contributed by atoms with Gasteiger partial charge in [-0.05, 0) is 71.9 Å². The van der Waals surface area contributed by atoms with Crippen LogP contribution in [0.5, 0.6) is 0 Å². The maximum Gasteiger partial charge on any atom is 0.419 e. The third-order valence-electron chi connectivity index (χ3n) is 7.09. The first-order valence-corrected chi connectivity index (χ1v) is 13.6. The summed E-state index contributed by atoms with van der Waals surface area (Å²) in [5, 5.41) is 1.25. The molecule has 4 rings (SSSR count). The van der Waals surface area contributed by atoms with Crippen LogP contribution < -0.4 is 0 Å². The molecular weight excluding hydrogens is 507 g/mol. The van der Waals surface area contributed by atoms with Crippen LogP contribution in [0.1, 0.15) is 72.7 Å². The third kappa shape index (κ3) is 7.84. The van der Waals surface area contributed by atoms with Crippen LogP contribution in [-0.4, -0.2) is 9.97 Å². The van der Waals surface area contributed by atoms with E-state index >= 15 is 4.39 Å². The Morgan fingerprint density at radius 1 is 0.667 bits per heavy atom. The molecule has 0 aliphatic heterocycles. The molecule has 39 heavy (non-hydrogen) atoms. The fourth-order valence-electron chi connectivity index (χ4n) is 4.79. The van der Waals surface area contributed by atoms with Crippen molar-refractivity contribution in [1.82, 2.24) is 9.97 Å². The van der Waals surface area contributed by atoms with Gasteiger partial charge in [0.1, 0.15) is 17.5 Å². The molecule has 0 aliphatic rings. The van der Waals surface area contributed by atoms with E-state index < -0.39 is 17.6 Å². The molecule has 0 amide bonds. The highest BCUT2D eigenvalue weighted by molar-refractivity contribution is 5.84. The van der Waals surface area contributed by atoms with E-state index in [4.69, 9.17) is 0 Å². The Morgan fingerprint density at radius 3 is 2.08 bits per heavy atom. The Morgan fingerprint density at radius 2 is 1.36 bits per heavy atom. The van der Waals surface area contributed by atoms with E-state index in [1.54, 1.807) is 12.1 Å². The maximum absolute atomic E-state index is 15.2. The van der Waals surface area contributed by atoms with Crippen molar-refractivity contribution in [2.45, 2.75) is 77.3 Å². The number of benzene rings is 3. The molecule has 0 radical (unpaired) electrons. The van der Waals surface area contributed by atoms with E-state index in [9.17, 15) is 17.6 Å². The number of fused-ring (bicyclic) bond motifs is 1. The molecule has 3 aromatic carbocycles. The number of unbranched alkanes of at least 4 members (excludes halogenated alkanes) is 4. The van der Waals surface area contributed by atoms with Gasteiger partial charge in [-0.25, -0.2) is 18.7 Å². The van der Waals surface area contributed by atoms with Gasteiger partial charge in [-0.15, -0.1) is 0 Å². The van der Waals surface area contributed by atoms with E-state index in [1.165, 1.54) is 31.7 Å². The Balaban J connectivity index is 1.33. The molecule has 1 aromatic heterocycles. The van der Waals surface area contributed by atoms with Gasteiger partial charge in [0.15, 0.2) is 0 Å². The molecule has 0 unspecified atom stereocenters. The Hall–Kier alpha value is -3.35. The average Bonchev–Trinajstić information content (AvgIpc) is 2.91. The highest BCUT2D eigenvalue weighted by Crippen LogP contribution is 2.32. The smallest absolute Gasteiger partial charge is 0.241 e. The predicted molar refractivity (Wildman–Crippen MR) is 145 cm³/mol. The highest BCUT2D eigenvalue weighted by Gasteiger charge is 2.33. The summed E-state index contributed by atoms with van der Waals surface area (Å²) in [4.78, 5) is 9.03. The minimum Gasteiger partial charge on any atom is -0.241 e. The number of nitrogens with zero attached hydrogens (tertiary/aromatic N) is 2. The minimum atomic E-state index is -4.74. The van der Waals surface area contributed by atoms with E-state index in [-0.39, 0.29) is 18.7 Å². The van der Waals surface area contributed by atoms with E-state index in [0.29, 0.717) is 22.9 Å². The first kappa shape index (κ1) is 28.7. The molecule has 0 spiro atoms. The molecule has 0 fully saturated rings. The van der Waals surface area contributed by atoms with Crippen LogP contribution in [0, 0.1) is 11.6 Å². The van der Waals surface area contributed by atoms with Crippen molar-refractivity contribution < 1.29 is 22.0 Å². The number of rotatable bonds is 12. The Labute approximate surface area is 226 Å². The fourth-order valence-corrected chi connectivity index (χ4v) is 4.79. The first-order valence-electron chi connectivity index (χ1n) is 13.6. The lowest BCUT2D eigenvalue weighted by Gasteiger charge is -2.11. The van der Waals surface area contributed by atoms with Gasteiger partial charge in [-0.2, -0.15) is 13.2 Å². The van der Waals surface area contributed by atoms with Crippen LogP contribution in [0.15, 0.2) is 60.9 Å². The topological polar surface area (TPSA) is 25.8 Å². The SMILES string of the molecule is CCCCCCCc1cnc(CCc2ccc3c(F)c(CCc4ccc(C(F)(F)F)c(F)c4)ccc3c2)nc1.